The van der Waals surface area contributed by atoms with Crippen LogP contribution < -0.4 is 0 Å². The van der Waals surface area contributed by atoms with Crippen LogP contribution in [0.15, 0.2) is 66.7 Å². The first-order valence-electron chi connectivity index (χ1n) is 10.4. The third-order valence-electron chi connectivity index (χ3n) is 6.28. The van der Waals surface area contributed by atoms with Crippen molar-refractivity contribution >= 4 is 22.8 Å². The zero-order valence-electron chi connectivity index (χ0n) is 17.4. The first kappa shape index (κ1) is 20.9. The molecule has 0 bridgehead atoms. The van der Waals surface area contributed by atoms with Gasteiger partial charge in [-0.3, -0.25) is 0 Å². The summed E-state index contributed by atoms with van der Waals surface area (Å²) in [5.74, 6) is -0.495. The highest BCUT2D eigenvalue weighted by Gasteiger charge is 2.43. The van der Waals surface area contributed by atoms with Gasteiger partial charge in [-0.25, -0.2) is 9.59 Å². The molecule has 160 valence electrons. The number of aliphatic carboxylic acids is 2. The summed E-state index contributed by atoms with van der Waals surface area (Å²) in [4.78, 5) is 25.3. The van der Waals surface area contributed by atoms with Gasteiger partial charge in [0.25, 0.3) is 0 Å². The van der Waals surface area contributed by atoms with Crippen molar-refractivity contribution in [1.82, 2.24) is 9.88 Å². The van der Waals surface area contributed by atoms with Gasteiger partial charge in [0.1, 0.15) is 0 Å². The molecule has 1 aliphatic carbocycles. The summed E-state index contributed by atoms with van der Waals surface area (Å²) >= 11 is 0. The van der Waals surface area contributed by atoms with Crippen molar-refractivity contribution in [2.75, 3.05) is 20.1 Å². The van der Waals surface area contributed by atoms with Gasteiger partial charge >= 0.3 is 11.9 Å². The van der Waals surface area contributed by atoms with Crippen LogP contribution in [0.1, 0.15) is 28.7 Å². The molecule has 2 aliphatic rings. The summed E-state index contributed by atoms with van der Waals surface area (Å²) in [6.45, 7) is 2.39. The molecule has 2 aromatic carbocycles. The average Bonchev–Trinajstić information content (AvgIpc) is 3.32. The summed E-state index contributed by atoms with van der Waals surface area (Å²) in [6.07, 6.45) is 2.26. The van der Waals surface area contributed by atoms with E-state index in [-0.39, 0.29) is 0 Å². The molecule has 0 spiro atoms. The number of H-pyrrole nitrogens is 1. The van der Waals surface area contributed by atoms with E-state index in [1.807, 2.05) is 0 Å². The monoisotopic (exact) mass is 418 g/mol. The Morgan fingerprint density at radius 2 is 1.58 bits per heavy atom. The van der Waals surface area contributed by atoms with Crippen LogP contribution in [-0.2, 0) is 16.0 Å². The number of carbonyl (C=O) groups is 2. The number of carboxylic acid groups (broad SMARTS) is 2. The number of carboxylic acids is 2. The van der Waals surface area contributed by atoms with Gasteiger partial charge < -0.3 is 20.1 Å². The van der Waals surface area contributed by atoms with Crippen LogP contribution in [0, 0.1) is 5.92 Å². The van der Waals surface area contributed by atoms with Crippen molar-refractivity contribution < 1.29 is 19.8 Å². The number of aromatic nitrogens is 1. The molecule has 5 rings (SSSR count). The van der Waals surface area contributed by atoms with Crippen LogP contribution in [0.25, 0.3) is 10.9 Å². The lowest BCUT2D eigenvalue weighted by Crippen LogP contribution is -2.27. The quantitative estimate of drug-likeness (QED) is 0.562. The molecule has 3 atom stereocenters. The molecule has 0 saturated carbocycles. The van der Waals surface area contributed by atoms with Gasteiger partial charge in [-0.1, -0.05) is 48.5 Å². The topological polar surface area (TPSA) is 93.6 Å². The Morgan fingerprint density at radius 3 is 2.26 bits per heavy atom. The number of likely N-dealkylation sites (N-methyl/N-ethyl adjacent to an activating group) is 1. The van der Waals surface area contributed by atoms with Gasteiger partial charge in [0.2, 0.25) is 0 Å². The number of rotatable bonds is 3. The predicted molar refractivity (Wildman–Crippen MR) is 119 cm³/mol. The molecule has 6 nitrogen and oxygen atoms in total. The molecule has 3 aromatic rings. The van der Waals surface area contributed by atoms with Gasteiger partial charge in [0, 0.05) is 47.8 Å². The highest BCUT2D eigenvalue weighted by atomic mass is 16.4. The second-order valence-corrected chi connectivity index (χ2v) is 8.29. The highest BCUT2D eigenvalue weighted by molar-refractivity contribution is 5.89. The lowest BCUT2D eigenvalue weighted by molar-refractivity contribution is -0.134. The van der Waals surface area contributed by atoms with E-state index in [0.717, 1.165) is 12.3 Å². The van der Waals surface area contributed by atoms with Crippen molar-refractivity contribution in [3.05, 3.63) is 83.6 Å². The first-order valence-corrected chi connectivity index (χ1v) is 10.4. The molecule has 1 fully saturated rings. The number of hydrogen-bond donors (Lipinski definition) is 3. The van der Waals surface area contributed by atoms with Crippen LogP contribution in [0.4, 0.5) is 0 Å². The lowest BCUT2D eigenvalue weighted by Gasteiger charge is -2.34. The molecule has 3 N–H and O–H groups in total. The minimum Gasteiger partial charge on any atom is -0.478 e. The summed E-state index contributed by atoms with van der Waals surface area (Å²) in [5, 5.41) is 17.1. The molecule has 1 unspecified atom stereocenters. The standard InChI is InChI=1S/C21H22N2.C4H4O4/c1-23-12-17-16(14-7-3-2-4-8-14)11-20-21(18(17)13-23)15-9-5-6-10-19(15)22-20;5-3(6)1-2-4(7)8/h2-10,16-18,22H,11-13H2,1H3;1-2H,(H,5,6)(H,7,8)/b;2-1+/t16?,17-,18-;/m0./s1. The fourth-order valence-corrected chi connectivity index (χ4v) is 5.13. The minimum absolute atomic E-state index is 0.558. The normalized spacial score (nSPS) is 22.5. The van der Waals surface area contributed by atoms with E-state index in [0.29, 0.717) is 24.0 Å². The lowest BCUT2D eigenvalue weighted by atomic mass is 9.69. The molecule has 1 aromatic heterocycles. The van der Waals surface area contributed by atoms with E-state index < -0.39 is 11.9 Å². The van der Waals surface area contributed by atoms with E-state index in [1.54, 1.807) is 5.56 Å². The minimum atomic E-state index is -1.26. The van der Waals surface area contributed by atoms with Gasteiger partial charge in [0.15, 0.2) is 0 Å². The Morgan fingerprint density at radius 1 is 0.935 bits per heavy atom. The van der Waals surface area contributed by atoms with Gasteiger partial charge in [-0.2, -0.15) is 0 Å². The second-order valence-electron chi connectivity index (χ2n) is 8.29. The summed E-state index contributed by atoms with van der Waals surface area (Å²) in [5.41, 5.74) is 5.88. The summed E-state index contributed by atoms with van der Waals surface area (Å²) in [7, 11) is 2.27. The molecule has 6 heteroatoms. The molecule has 0 amide bonds. The maximum atomic E-state index is 9.55. The molecular weight excluding hydrogens is 392 g/mol. The van der Waals surface area contributed by atoms with E-state index >= 15 is 0 Å². The summed E-state index contributed by atoms with van der Waals surface area (Å²) < 4.78 is 0. The van der Waals surface area contributed by atoms with Crippen molar-refractivity contribution in [3.8, 4) is 0 Å². The van der Waals surface area contributed by atoms with Crippen molar-refractivity contribution in [1.29, 1.82) is 0 Å². The highest BCUT2D eigenvalue weighted by Crippen LogP contribution is 2.50. The van der Waals surface area contributed by atoms with Crippen molar-refractivity contribution in [2.45, 2.75) is 18.3 Å². The third-order valence-corrected chi connectivity index (χ3v) is 6.28. The average molecular weight is 418 g/mol. The Balaban J connectivity index is 0.000000250. The summed E-state index contributed by atoms with van der Waals surface area (Å²) in [6, 6.07) is 19.9. The Labute approximate surface area is 180 Å². The van der Waals surface area contributed by atoms with Gasteiger partial charge in [0.05, 0.1) is 0 Å². The van der Waals surface area contributed by atoms with Crippen molar-refractivity contribution in [2.24, 2.45) is 5.92 Å². The Kier molecular flexibility index (Phi) is 5.91. The van der Waals surface area contributed by atoms with E-state index in [2.05, 4.69) is 71.5 Å². The van der Waals surface area contributed by atoms with Crippen LogP contribution in [0.5, 0.6) is 0 Å². The molecule has 0 radical (unpaired) electrons. The Hall–Kier alpha value is -3.38. The second kappa shape index (κ2) is 8.78. The maximum Gasteiger partial charge on any atom is 0.328 e. The van der Waals surface area contributed by atoms with Crippen LogP contribution in [0.3, 0.4) is 0 Å². The number of benzene rings is 2. The zero-order valence-corrected chi connectivity index (χ0v) is 17.4. The number of nitrogens with one attached hydrogen (secondary N) is 1. The maximum absolute atomic E-state index is 9.55. The number of fused-ring (bicyclic) bond motifs is 5. The van der Waals surface area contributed by atoms with Crippen molar-refractivity contribution in [3.63, 3.8) is 0 Å². The first-order chi connectivity index (χ1) is 14.9. The fraction of sp³-hybridized carbons (Fsp3) is 0.280. The largest absolute Gasteiger partial charge is 0.478 e. The number of hydrogen-bond acceptors (Lipinski definition) is 3. The van der Waals surface area contributed by atoms with E-state index in [1.165, 1.54) is 35.2 Å². The number of likely N-dealkylation sites (tertiary alicyclic amines) is 1. The van der Waals surface area contributed by atoms with E-state index in [4.69, 9.17) is 10.2 Å². The SMILES string of the molecule is CN1C[C@@H]2c3c([nH]c4ccccc34)CC(c3ccccc3)[C@@H]2C1.O=C(O)/C=C/C(=O)O. The predicted octanol–water partition coefficient (Wildman–Crippen LogP) is 3.86. The zero-order chi connectivity index (χ0) is 22.0. The fourth-order valence-electron chi connectivity index (χ4n) is 5.13. The van der Waals surface area contributed by atoms with Gasteiger partial charge in [-0.15, -0.1) is 0 Å². The number of nitrogens with zero attached hydrogens (tertiary/aromatic N) is 1. The number of para-hydroxylation sites is 1. The number of aromatic amines is 1. The van der Waals surface area contributed by atoms with Crippen LogP contribution in [-0.4, -0.2) is 52.2 Å². The smallest absolute Gasteiger partial charge is 0.328 e. The molecule has 2 heterocycles. The van der Waals surface area contributed by atoms with Gasteiger partial charge in [-0.05, 0) is 42.5 Å². The molecule has 1 saturated heterocycles. The van der Waals surface area contributed by atoms with Crippen LogP contribution >= 0.6 is 0 Å². The van der Waals surface area contributed by atoms with E-state index in [9.17, 15) is 9.59 Å². The molecule has 31 heavy (non-hydrogen) atoms. The molecule has 1 aliphatic heterocycles. The van der Waals surface area contributed by atoms with Crippen LogP contribution in [0.2, 0.25) is 0 Å². The third kappa shape index (κ3) is 4.39. The Bertz CT molecular complexity index is 1100. The molecular formula is C25H26N2O4.